The van der Waals surface area contributed by atoms with Crippen molar-refractivity contribution in [3.8, 4) is 0 Å². The van der Waals surface area contributed by atoms with Gasteiger partial charge < -0.3 is 15.7 Å². The van der Waals surface area contributed by atoms with E-state index in [0.29, 0.717) is 0 Å². The fraction of sp³-hybridized carbons (Fsp3) is 0.250. The Hall–Kier alpha value is -1.17. The number of nitrogens with one attached hydrogen (secondary N) is 2. The Bertz CT molecular complexity index is 215. The van der Waals surface area contributed by atoms with Gasteiger partial charge in [-0.3, -0.25) is 4.79 Å². The van der Waals surface area contributed by atoms with Crippen LogP contribution >= 0.6 is 12.2 Å². The Morgan fingerprint density at radius 1 is 1.70 bits per heavy atom. The maximum Gasteiger partial charge on any atom is 0.336 e. The minimum absolute atomic E-state index is 0.0670. The van der Waals surface area contributed by atoms with E-state index in [2.05, 4.69) is 22.9 Å². The van der Waals surface area contributed by atoms with Crippen molar-refractivity contribution in [1.82, 2.24) is 10.6 Å². The van der Waals surface area contributed by atoms with Crippen LogP contribution in [0.25, 0.3) is 0 Å². The van der Waals surface area contributed by atoms with E-state index < -0.39 is 17.9 Å². The highest BCUT2D eigenvalue weighted by Crippen LogP contribution is 1.91. The van der Waals surface area contributed by atoms with Gasteiger partial charge in [-0.2, -0.15) is 0 Å². The first-order valence-corrected chi connectivity index (χ1v) is 2.86. The van der Waals surface area contributed by atoms with E-state index in [9.17, 15) is 9.59 Å². The SMILES string of the molecule is O=C(O)C1NC(=S)NC1=O. The lowest BCUT2D eigenvalue weighted by Crippen LogP contribution is -2.36. The molecule has 1 saturated heterocycles. The Labute approximate surface area is 61.4 Å². The maximum absolute atomic E-state index is 10.6. The van der Waals surface area contributed by atoms with Crippen molar-refractivity contribution in [2.24, 2.45) is 0 Å². The van der Waals surface area contributed by atoms with Crippen molar-refractivity contribution < 1.29 is 14.7 Å². The topological polar surface area (TPSA) is 78.4 Å². The van der Waals surface area contributed by atoms with Crippen molar-refractivity contribution in [2.45, 2.75) is 6.04 Å². The summed E-state index contributed by atoms with van der Waals surface area (Å²) < 4.78 is 0. The third kappa shape index (κ3) is 1.06. The number of carbonyl (C=O) groups excluding carboxylic acids is 1. The van der Waals surface area contributed by atoms with Gasteiger partial charge in [0.05, 0.1) is 0 Å². The second kappa shape index (κ2) is 2.22. The molecule has 0 aromatic rings. The molecular weight excluding hydrogens is 156 g/mol. The molecule has 1 amide bonds. The molecule has 1 aliphatic rings. The highest BCUT2D eigenvalue weighted by molar-refractivity contribution is 7.80. The molecule has 10 heavy (non-hydrogen) atoms. The standard InChI is InChI=1S/C4H4N2O3S/c7-2-1(3(8)9)5-4(10)6-2/h1H,(H,8,9)(H2,5,6,7,10). The molecule has 0 bridgehead atoms. The van der Waals surface area contributed by atoms with Crippen LogP contribution in [0.2, 0.25) is 0 Å². The van der Waals surface area contributed by atoms with Crippen LogP contribution in [0.3, 0.4) is 0 Å². The fourth-order valence-electron chi connectivity index (χ4n) is 0.591. The van der Waals surface area contributed by atoms with Crippen LogP contribution < -0.4 is 10.6 Å². The summed E-state index contributed by atoms with van der Waals surface area (Å²) in [6, 6.07) is -1.22. The molecule has 6 heteroatoms. The number of amides is 1. The molecule has 1 aliphatic heterocycles. The monoisotopic (exact) mass is 160 g/mol. The van der Waals surface area contributed by atoms with Gasteiger partial charge in [-0.25, -0.2) is 4.79 Å². The first-order valence-electron chi connectivity index (χ1n) is 2.45. The molecule has 0 saturated carbocycles. The number of carboxylic acids is 1. The number of hydrogen-bond donors (Lipinski definition) is 3. The predicted octanol–water partition coefficient (Wildman–Crippen LogP) is -1.56. The average Bonchev–Trinajstić information content (AvgIpc) is 2.10. The molecule has 0 radical (unpaired) electrons. The van der Waals surface area contributed by atoms with Gasteiger partial charge in [0, 0.05) is 0 Å². The zero-order chi connectivity index (χ0) is 7.72. The number of rotatable bonds is 1. The third-order valence-electron chi connectivity index (χ3n) is 1.02. The lowest BCUT2D eigenvalue weighted by molar-refractivity contribution is -0.142. The number of aliphatic carboxylic acids is 1. The highest BCUT2D eigenvalue weighted by atomic mass is 32.1. The average molecular weight is 160 g/mol. The van der Waals surface area contributed by atoms with Crippen LogP contribution in [0.15, 0.2) is 0 Å². The van der Waals surface area contributed by atoms with Crippen LogP contribution in [0, 0.1) is 0 Å². The van der Waals surface area contributed by atoms with Gasteiger partial charge in [0.25, 0.3) is 5.91 Å². The van der Waals surface area contributed by atoms with Gasteiger partial charge in [0.2, 0.25) is 6.04 Å². The van der Waals surface area contributed by atoms with Gasteiger partial charge in [-0.1, -0.05) is 0 Å². The van der Waals surface area contributed by atoms with Crippen molar-refractivity contribution >= 4 is 29.2 Å². The lowest BCUT2D eigenvalue weighted by Gasteiger charge is -1.97. The lowest BCUT2D eigenvalue weighted by atomic mass is 10.3. The van der Waals surface area contributed by atoms with Crippen molar-refractivity contribution in [3.05, 3.63) is 0 Å². The van der Waals surface area contributed by atoms with E-state index in [1.807, 2.05) is 0 Å². The van der Waals surface area contributed by atoms with Gasteiger partial charge >= 0.3 is 5.97 Å². The first kappa shape index (κ1) is 6.94. The Kier molecular flexibility index (Phi) is 1.54. The molecule has 0 aromatic heterocycles. The summed E-state index contributed by atoms with van der Waals surface area (Å²) in [7, 11) is 0. The molecule has 1 unspecified atom stereocenters. The molecule has 0 spiro atoms. The normalized spacial score (nSPS) is 23.8. The summed E-state index contributed by atoms with van der Waals surface area (Å²) in [4.78, 5) is 20.8. The number of thiocarbonyl (C=S) groups is 1. The molecule has 0 aromatic carbocycles. The van der Waals surface area contributed by atoms with E-state index in [1.54, 1.807) is 0 Å². The van der Waals surface area contributed by atoms with E-state index >= 15 is 0 Å². The van der Waals surface area contributed by atoms with E-state index in [0.717, 1.165) is 0 Å². The molecule has 1 rings (SSSR count). The Morgan fingerprint density at radius 3 is 2.50 bits per heavy atom. The van der Waals surface area contributed by atoms with Crippen molar-refractivity contribution in [3.63, 3.8) is 0 Å². The maximum atomic E-state index is 10.6. The molecule has 5 nitrogen and oxygen atoms in total. The van der Waals surface area contributed by atoms with Gasteiger partial charge in [0.15, 0.2) is 5.11 Å². The summed E-state index contributed by atoms with van der Waals surface area (Å²) in [5, 5.41) is 12.8. The largest absolute Gasteiger partial charge is 0.479 e. The zero-order valence-electron chi connectivity index (χ0n) is 4.75. The second-order valence-electron chi connectivity index (χ2n) is 1.73. The molecule has 1 atom stereocenters. The molecule has 1 heterocycles. The van der Waals surface area contributed by atoms with E-state index in [4.69, 9.17) is 5.11 Å². The van der Waals surface area contributed by atoms with Crippen molar-refractivity contribution in [2.75, 3.05) is 0 Å². The molecule has 1 fully saturated rings. The predicted molar refractivity (Wildman–Crippen MR) is 35.3 cm³/mol. The summed E-state index contributed by atoms with van der Waals surface area (Å²) in [5.74, 6) is -1.84. The van der Waals surface area contributed by atoms with Gasteiger partial charge in [0.1, 0.15) is 0 Å². The van der Waals surface area contributed by atoms with Crippen LogP contribution in [-0.2, 0) is 9.59 Å². The number of carboxylic acid groups (broad SMARTS) is 1. The summed E-state index contributed by atoms with van der Waals surface area (Å²) >= 11 is 4.49. The Morgan fingerprint density at radius 2 is 2.30 bits per heavy atom. The molecule has 3 N–H and O–H groups in total. The Balaban J connectivity index is 2.72. The minimum Gasteiger partial charge on any atom is -0.479 e. The fourth-order valence-corrected chi connectivity index (χ4v) is 0.809. The van der Waals surface area contributed by atoms with Crippen LogP contribution in [0.4, 0.5) is 0 Å². The van der Waals surface area contributed by atoms with Crippen LogP contribution in [0.1, 0.15) is 0 Å². The highest BCUT2D eigenvalue weighted by Gasteiger charge is 2.33. The number of hydrogen-bond acceptors (Lipinski definition) is 3. The quantitative estimate of drug-likeness (QED) is 0.319. The van der Waals surface area contributed by atoms with Crippen LogP contribution in [0.5, 0.6) is 0 Å². The zero-order valence-corrected chi connectivity index (χ0v) is 5.57. The van der Waals surface area contributed by atoms with Crippen molar-refractivity contribution in [1.29, 1.82) is 0 Å². The number of carbonyl (C=O) groups is 2. The molecule has 0 aliphatic carbocycles. The molecular formula is C4H4N2O3S. The van der Waals surface area contributed by atoms with Gasteiger partial charge in [-0.05, 0) is 12.2 Å². The summed E-state index contributed by atoms with van der Waals surface area (Å²) in [6.45, 7) is 0. The van der Waals surface area contributed by atoms with E-state index in [-0.39, 0.29) is 5.11 Å². The first-order chi connectivity index (χ1) is 4.61. The van der Waals surface area contributed by atoms with E-state index in [1.165, 1.54) is 0 Å². The van der Waals surface area contributed by atoms with Gasteiger partial charge in [-0.15, -0.1) is 0 Å². The minimum atomic E-state index is -1.22. The molecule has 54 valence electrons. The summed E-state index contributed by atoms with van der Waals surface area (Å²) in [5.41, 5.74) is 0. The second-order valence-corrected chi connectivity index (χ2v) is 2.14. The smallest absolute Gasteiger partial charge is 0.336 e. The third-order valence-corrected chi connectivity index (χ3v) is 1.24. The summed E-state index contributed by atoms with van der Waals surface area (Å²) in [6.07, 6.45) is 0. The van der Waals surface area contributed by atoms with Crippen LogP contribution in [-0.4, -0.2) is 28.1 Å².